The molecular formula is C15H24N4O3. The van der Waals surface area contributed by atoms with Crippen molar-refractivity contribution < 1.29 is 5.11 Å². The highest BCUT2D eigenvalue weighted by Crippen LogP contribution is 2.17. The molecule has 2 rings (SSSR count). The minimum Gasteiger partial charge on any atom is -0.390 e. The Morgan fingerprint density at radius 3 is 2.59 bits per heavy atom. The van der Waals surface area contributed by atoms with Gasteiger partial charge in [0.15, 0.2) is 11.2 Å². The van der Waals surface area contributed by atoms with Crippen LogP contribution in [0, 0.1) is 0 Å². The Hall–Kier alpha value is -1.89. The van der Waals surface area contributed by atoms with E-state index in [-0.39, 0.29) is 11.2 Å². The van der Waals surface area contributed by atoms with Crippen molar-refractivity contribution in [3.05, 3.63) is 27.2 Å². The Balaban J connectivity index is 2.24. The Morgan fingerprint density at radius 2 is 1.95 bits per heavy atom. The van der Waals surface area contributed by atoms with Crippen LogP contribution in [0.25, 0.3) is 11.2 Å². The number of aromatic nitrogens is 4. The number of aliphatic hydroxyl groups is 1. The van der Waals surface area contributed by atoms with E-state index in [1.807, 2.05) is 6.92 Å². The molecule has 0 radical (unpaired) electrons. The second kappa shape index (κ2) is 6.08. The van der Waals surface area contributed by atoms with Crippen molar-refractivity contribution in [2.24, 2.45) is 14.1 Å². The van der Waals surface area contributed by atoms with Crippen LogP contribution in [0.15, 0.2) is 15.9 Å². The van der Waals surface area contributed by atoms with Crippen LogP contribution in [-0.2, 0) is 20.6 Å². The third-order valence-corrected chi connectivity index (χ3v) is 4.31. The topological polar surface area (TPSA) is 82.1 Å². The van der Waals surface area contributed by atoms with Gasteiger partial charge in [0.2, 0.25) is 0 Å². The van der Waals surface area contributed by atoms with Gasteiger partial charge in [-0.05, 0) is 32.6 Å². The quantitative estimate of drug-likeness (QED) is 0.799. The number of rotatable bonds is 6. The molecule has 0 aromatic carbocycles. The normalized spacial score (nSPS) is 14.4. The molecule has 0 aliphatic heterocycles. The highest BCUT2D eigenvalue weighted by molar-refractivity contribution is 5.69. The predicted molar refractivity (Wildman–Crippen MR) is 85.0 cm³/mol. The fourth-order valence-corrected chi connectivity index (χ4v) is 2.55. The molecule has 1 unspecified atom stereocenters. The number of aryl methyl sites for hydroxylation is 2. The van der Waals surface area contributed by atoms with E-state index in [0.717, 1.165) is 6.42 Å². The summed E-state index contributed by atoms with van der Waals surface area (Å²) in [5.41, 5.74) is -0.494. The second-order valence-corrected chi connectivity index (χ2v) is 6.13. The number of nitrogens with zero attached hydrogens (tertiary/aromatic N) is 4. The van der Waals surface area contributed by atoms with Crippen LogP contribution in [0.3, 0.4) is 0 Å². The maximum Gasteiger partial charge on any atom is 0.332 e. The molecule has 0 spiro atoms. The maximum atomic E-state index is 12.5. The first-order valence-corrected chi connectivity index (χ1v) is 7.61. The Labute approximate surface area is 128 Å². The van der Waals surface area contributed by atoms with Gasteiger partial charge < -0.3 is 9.67 Å². The van der Waals surface area contributed by atoms with Gasteiger partial charge in [0.05, 0.1) is 11.9 Å². The molecule has 1 atom stereocenters. The average Bonchev–Trinajstić information content (AvgIpc) is 2.86. The number of hydrogen-bond acceptors (Lipinski definition) is 4. The fourth-order valence-electron chi connectivity index (χ4n) is 2.55. The summed E-state index contributed by atoms with van der Waals surface area (Å²) in [5.74, 6) is 0. The van der Waals surface area contributed by atoms with Crippen molar-refractivity contribution >= 4 is 11.2 Å². The standard InChI is InChI=1S/C15H24N4O3/c1-5-15(2,22)8-6-7-9-19-13(20)11-12(16-10-17(11)3)18(4)14(19)21/h10,22H,5-9H2,1-4H3. The molecule has 2 heterocycles. The highest BCUT2D eigenvalue weighted by Gasteiger charge is 2.17. The third kappa shape index (κ3) is 2.99. The molecule has 0 fully saturated rings. The monoisotopic (exact) mass is 308 g/mol. The summed E-state index contributed by atoms with van der Waals surface area (Å²) in [6, 6.07) is 0. The molecule has 1 N–H and O–H groups in total. The van der Waals surface area contributed by atoms with E-state index in [1.54, 1.807) is 25.6 Å². The smallest absolute Gasteiger partial charge is 0.332 e. The zero-order valence-electron chi connectivity index (χ0n) is 13.7. The van der Waals surface area contributed by atoms with E-state index in [1.165, 1.54) is 15.5 Å². The van der Waals surface area contributed by atoms with Gasteiger partial charge >= 0.3 is 5.69 Å². The van der Waals surface area contributed by atoms with Gasteiger partial charge in [-0.15, -0.1) is 0 Å². The predicted octanol–water partition coefficient (Wildman–Crippen LogP) is 0.765. The first kappa shape index (κ1) is 16.5. The molecule has 0 aliphatic carbocycles. The SMILES string of the molecule is CCC(C)(O)CCCCn1c(=O)c2c(ncn2C)n(C)c1=O. The Morgan fingerprint density at radius 1 is 1.27 bits per heavy atom. The van der Waals surface area contributed by atoms with Gasteiger partial charge in [0, 0.05) is 20.6 Å². The summed E-state index contributed by atoms with van der Waals surface area (Å²) in [6.07, 6.45) is 4.32. The van der Waals surface area contributed by atoms with E-state index >= 15 is 0 Å². The van der Waals surface area contributed by atoms with Gasteiger partial charge in [-0.2, -0.15) is 0 Å². The summed E-state index contributed by atoms with van der Waals surface area (Å²) in [7, 11) is 3.36. The van der Waals surface area contributed by atoms with Crippen molar-refractivity contribution in [2.45, 2.75) is 51.7 Å². The molecular weight excluding hydrogens is 284 g/mol. The summed E-state index contributed by atoms with van der Waals surface area (Å²) >= 11 is 0. The number of hydrogen-bond donors (Lipinski definition) is 1. The van der Waals surface area contributed by atoms with Crippen LogP contribution in [0.4, 0.5) is 0 Å². The molecule has 22 heavy (non-hydrogen) atoms. The first-order chi connectivity index (χ1) is 10.3. The summed E-state index contributed by atoms with van der Waals surface area (Å²) < 4.78 is 4.29. The Kier molecular flexibility index (Phi) is 4.55. The zero-order chi connectivity index (χ0) is 16.5. The molecule has 0 saturated heterocycles. The Bertz CT molecular complexity index is 782. The van der Waals surface area contributed by atoms with Crippen LogP contribution in [0.5, 0.6) is 0 Å². The van der Waals surface area contributed by atoms with Crippen molar-refractivity contribution in [1.82, 2.24) is 18.7 Å². The van der Waals surface area contributed by atoms with Gasteiger partial charge in [-0.3, -0.25) is 13.9 Å². The van der Waals surface area contributed by atoms with E-state index in [4.69, 9.17) is 0 Å². The molecule has 7 nitrogen and oxygen atoms in total. The van der Waals surface area contributed by atoms with Crippen LogP contribution < -0.4 is 11.2 Å². The molecule has 2 aromatic rings. The molecule has 0 bridgehead atoms. The van der Waals surface area contributed by atoms with Crippen LogP contribution in [0.2, 0.25) is 0 Å². The van der Waals surface area contributed by atoms with Crippen molar-refractivity contribution in [2.75, 3.05) is 0 Å². The molecule has 0 saturated carbocycles. The lowest BCUT2D eigenvalue weighted by Crippen LogP contribution is -2.39. The zero-order valence-corrected chi connectivity index (χ0v) is 13.7. The van der Waals surface area contributed by atoms with E-state index in [9.17, 15) is 14.7 Å². The molecule has 0 amide bonds. The van der Waals surface area contributed by atoms with Crippen molar-refractivity contribution in [1.29, 1.82) is 0 Å². The molecule has 2 aromatic heterocycles. The van der Waals surface area contributed by atoms with Crippen LogP contribution >= 0.6 is 0 Å². The number of fused-ring (bicyclic) bond motifs is 1. The minimum absolute atomic E-state index is 0.305. The lowest BCUT2D eigenvalue weighted by Gasteiger charge is -2.20. The van der Waals surface area contributed by atoms with Crippen LogP contribution in [0.1, 0.15) is 39.5 Å². The average molecular weight is 308 g/mol. The molecule has 0 aliphatic rings. The van der Waals surface area contributed by atoms with Crippen molar-refractivity contribution in [3.63, 3.8) is 0 Å². The lowest BCUT2D eigenvalue weighted by atomic mass is 9.96. The molecule has 7 heteroatoms. The van der Waals surface area contributed by atoms with Gasteiger partial charge in [0.1, 0.15) is 0 Å². The summed E-state index contributed by atoms with van der Waals surface area (Å²) in [5, 5.41) is 9.98. The second-order valence-electron chi connectivity index (χ2n) is 6.13. The van der Waals surface area contributed by atoms with E-state index in [2.05, 4.69) is 4.98 Å². The largest absolute Gasteiger partial charge is 0.390 e. The first-order valence-electron chi connectivity index (χ1n) is 7.61. The maximum absolute atomic E-state index is 12.5. The van der Waals surface area contributed by atoms with Crippen molar-refractivity contribution in [3.8, 4) is 0 Å². The fraction of sp³-hybridized carbons (Fsp3) is 0.667. The van der Waals surface area contributed by atoms with Gasteiger partial charge in [0.25, 0.3) is 5.56 Å². The number of unbranched alkanes of at least 4 members (excludes halogenated alkanes) is 1. The number of imidazole rings is 1. The lowest BCUT2D eigenvalue weighted by molar-refractivity contribution is 0.0440. The summed E-state index contributed by atoms with van der Waals surface area (Å²) in [6.45, 7) is 4.10. The van der Waals surface area contributed by atoms with Gasteiger partial charge in [-0.1, -0.05) is 6.92 Å². The molecule has 122 valence electrons. The van der Waals surface area contributed by atoms with E-state index in [0.29, 0.717) is 37.0 Å². The minimum atomic E-state index is -0.679. The third-order valence-electron chi connectivity index (χ3n) is 4.31. The summed E-state index contributed by atoms with van der Waals surface area (Å²) in [4.78, 5) is 28.9. The van der Waals surface area contributed by atoms with E-state index < -0.39 is 5.60 Å². The van der Waals surface area contributed by atoms with Gasteiger partial charge in [-0.25, -0.2) is 9.78 Å². The van der Waals surface area contributed by atoms with Crippen LogP contribution in [-0.4, -0.2) is 29.4 Å². The highest BCUT2D eigenvalue weighted by atomic mass is 16.3.